The van der Waals surface area contributed by atoms with E-state index in [-0.39, 0.29) is 0 Å². The molecule has 0 saturated heterocycles. The van der Waals surface area contributed by atoms with Gasteiger partial charge in [0.1, 0.15) is 0 Å². The Kier molecular flexibility index (Phi) is 3.50. The van der Waals surface area contributed by atoms with Gasteiger partial charge in [0, 0.05) is 27.5 Å². The zero-order chi connectivity index (χ0) is 14.8. The van der Waals surface area contributed by atoms with Crippen molar-refractivity contribution in [1.82, 2.24) is 15.0 Å². The van der Waals surface area contributed by atoms with Crippen molar-refractivity contribution in [2.24, 2.45) is 0 Å². The van der Waals surface area contributed by atoms with E-state index in [2.05, 4.69) is 25.7 Å². The zero-order valence-corrected chi connectivity index (χ0v) is 13.1. The van der Waals surface area contributed by atoms with Crippen molar-refractivity contribution < 1.29 is 0 Å². The zero-order valence-electron chi connectivity index (χ0n) is 11.5. The van der Waals surface area contributed by atoms with Crippen molar-refractivity contribution in [2.75, 3.05) is 0 Å². The number of rotatable bonds is 3. The summed E-state index contributed by atoms with van der Waals surface area (Å²) in [4.78, 5) is 13.9. The molecule has 4 rings (SSSR count). The van der Waals surface area contributed by atoms with E-state index in [1.807, 2.05) is 53.2 Å². The molecule has 0 saturated carbocycles. The standard InChI is InChI=1S/C17H11N3S2/c1-2-4-12(5-3-1)15-18-16(13-6-8-21-10-13)20-17(19-15)14-7-9-22-11-14/h1-11H. The van der Waals surface area contributed by atoms with E-state index in [9.17, 15) is 0 Å². The number of benzene rings is 1. The molecule has 4 aromatic rings. The number of thiophene rings is 2. The first-order valence-electron chi connectivity index (χ1n) is 6.77. The molecule has 0 atom stereocenters. The lowest BCUT2D eigenvalue weighted by atomic mass is 10.2. The summed E-state index contributed by atoms with van der Waals surface area (Å²) in [5.74, 6) is 2.14. The highest BCUT2D eigenvalue weighted by atomic mass is 32.1. The van der Waals surface area contributed by atoms with E-state index < -0.39 is 0 Å². The highest BCUT2D eigenvalue weighted by Gasteiger charge is 2.12. The van der Waals surface area contributed by atoms with Gasteiger partial charge in [0.05, 0.1) is 0 Å². The molecule has 1 aromatic carbocycles. The van der Waals surface area contributed by atoms with E-state index in [0.717, 1.165) is 28.3 Å². The van der Waals surface area contributed by atoms with E-state index in [4.69, 9.17) is 0 Å². The van der Waals surface area contributed by atoms with Gasteiger partial charge in [-0.25, -0.2) is 15.0 Å². The molecule has 0 N–H and O–H groups in total. The van der Waals surface area contributed by atoms with E-state index in [0.29, 0.717) is 5.82 Å². The monoisotopic (exact) mass is 321 g/mol. The van der Waals surface area contributed by atoms with Gasteiger partial charge >= 0.3 is 0 Å². The Labute approximate surface area is 136 Å². The summed E-state index contributed by atoms with van der Waals surface area (Å²) in [7, 11) is 0. The minimum atomic E-state index is 0.706. The second kappa shape index (κ2) is 5.79. The molecule has 0 bridgehead atoms. The molecule has 5 heteroatoms. The summed E-state index contributed by atoms with van der Waals surface area (Å²) >= 11 is 3.28. The first kappa shape index (κ1) is 13.3. The normalized spacial score (nSPS) is 10.7. The Bertz CT molecular complexity index is 817. The molecular weight excluding hydrogens is 310 g/mol. The molecule has 3 heterocycles. The Morgan fingerprint density at radius 3 is 1.50 bits per heavy atom. The summed E-state index contributed by atoms with van der Waals surface area (Å²) in [6, 6.07) is 14.1. The molecule has 0 aliphatic heterocycles. The molecule has 3 aromatic heterocycles. The fourth-order valence-electron chi connectivity index (χ4n) is 2.13. The Morgan fingerprint density at radius 2 is 1.05 bits per heavy atom. The van der Waals surface area contributed by atoms with Gasteiger partial charge in [0.15, 0.2) is 17.5 Å². The largest absolute Gasteiger partial charge is 0.208 e. The first-order chi connectivity index (χ1) is 10.9. The minimum Gasteiger partial charge on any atom is -0.208 e. The highest BCUT2D eigenvalue weighted by Crippen LogP contribution is 2.26. The number of nitrogens with zero attached hydrogens (tertiary/aromatic N) is 3. The predicted octanol–water partition coefficient (Wildman–Crippen LogP) is 5.00. The van der Waals surface area contributed by atoms with Crippen LogP contribution in [0.1, 0.15) is 0 Å². The van der Waals surface area contributed by atoms with Crippen molar-refractivity contribution in [3.63, 3.8) is 0 Å². The lowest BCUT2D eigenvalue weighted by molar-refractivity contribution is 1.08. The van der Waals surface area contributed by atoms with Crippen molar-refractivity contribution in [2.45, 2.75) is 0 Å². The Balaban J connectivity index is 1.91. The lowest BCUT2D eigenvalue weighted by Crippen LogP contribution is -1.98. The van der Waals surface area contributed by atoms with Crippen LogP contribution < -0.4 is 0 Å². The molecule has 0 amide bonds. The third-order valence-electron chi connectivity index (χ3n) is 3.23. The molecule has 3 nitrogen and oxygen atoms in total. The second-order valence-electron chi connectivity index (χ2n) is 4.70. The third-order valence-corrected chi connectivity index (χ3v) is 4.59. The quantitative estimate of drug-likeness (QED) is 0.533. The molecular formula is C17H11N3S2. The van der Waals surface area contributed by atoms with Gasteiger partial charge in [0.25, 0.3) is 0 Å². The average molecular weight is 321 g/mol. The van der Waals surface area contributed by atoms with E-state index >= 15 is 0 Å². The van der Waals surface area contributed by atoms with Gasteiger partial charge in [-0.1, -0.05) is 30.3 Å². The Hall–Kier alpha value is -2.37. The molecule has 0 radical (unpaired) electrons. The van der Waals surface area contributed by atoms with Crippen LogP contribution in [0.3, 0.4) is 0 Å². The first-order valence-corrected chi connectivity index (χ1v) is 8.65. The summed E-state index contributed by atoms with van der Waals surface area (Å²) in [5, 5.41) is 8.18. The maximum Gasteiger partial charge on any atom is 0.164 e. The van der Waals surface area contributed by atoms with Gasteiger partial charge in [-0.2, -0.15) is 22.7 Å². The van der Waals surface area contributed by atoms with Gasteiger partial charge in [-0.3, -0.25) is 0 Å². The van der Waals surface area contributed by atoms with Gasteiger partial charge < -0.3 is 0 Å². The van der Waals surface area contributed by atoms with Crippen LogP contribution in [0.25, 0.3) is 34.2 Å². The molecule has 0 spiro atoms. The van der Waals surface area contributed by atoms with Crippen LogP contribution in [0.15, 0.2) is 64.0 Å². The van der Waals surface area contributed by atoms with Crippen molar-refractivity contribution in [3.05, 3.63) is 64.0 Å². The number of hydrogen-bond acceptors (Lipinski definition) is 5. The molecule has 22 heavy (non-hydrogen) atoms. The van der Waals surface area contributed by atoms with Crippen LogP contribution in [0.2, 0.25) is 0 Å². The van der Waals surface area contributed by atoms with Crippen LogP contribution in [-0.4, -0.2) is 15.0 Å². The molecule has 0 aliphatic rings. The average Bonchev–Trinajstić information content (AvgIpc) is 3.29. The maximum absolute atomic E-state index is 4.64. The smallest absolute Gasteiger partial charge is 0.164 e. The van der Waals surface area contributed by atoms with Crippen molar-refractivity contribution in [3.8, 4) is 34.2 Å². The van der Waals surface area contributed by atoms with Crippen LogP contribution in [0.4, 0.5) is 0 Å². The van der Waals surface area contributed by atoms with Crippen molar-refractivity contribution in [1.29, 1.82) is 0 Å². The van der Waals surface area contributed by atoms with Crippen molar-refractivity contribution >= 4 is 22.7 Å². The topological polar surface area (TPSA) is 38.7 Å². The fourth-order valence-corrected chi connectivity index (χ4v) is 3.40. The Morgan fingerprint density at radius 1 is 0.545 bits per heavy atom. The predicted molar refractivity (Wildman–Crippen MR) is 91.9 cm³/mol. The van der Waals surface area contributed by atoms with Crippen LogP contribution in [0.5, 0.6) is 0 Å². The summed E-state index contributed by atoms with van der Waals surface area (Å²) in [5.41, 5.74) is 3.06. The highest BCUT2D eigenvalue weighted by molar-refractivity contribution is 7.08. The van der Waals surface area contributed by atoms with Gasteiger partial charge in [-0.15, -0.1) is 0 Å². The van der Waals surface area contributed by atoms with E-state index in [1.165, 1.54) is 0 Å². The second-order valence-corrected chi connectivity index (χ2v) is 6.26. The molecule has 0 aliphatic carbocycles. The molecule has 0 unspecified atom stereocenters. The minimum absolute atomic E-state index is 0.706. The van der Waals surface area contributed by atoms with Gasteiger partial charge in [-0.05, 0) is 22.9 Å². The number of hydrogen-bond donors (Lipinski definition) is 0. The summed E-state index contributed by atoms with van der Waals surface area (Å²) in [6.45, 7) is 0. The lowest BCUT2D eigenvalue weighted by Gasteiger charge is -2.06. The van der Waals surface area contributed by atoms with E-state index in [1.54, 1.807) is 22.7 Å². The van der Waals surface area contributed by atoms with Crippen LogP contribution in [0, 0.1) is 0 Å². The third kappa shape index (κ3) is 2.56. The summed E-state index contributed by atoms with van der Waals surface area (Å²) in [6.07, 6.45) is 0. The van der Waals surface area contributed by atoms with Crippen LogP contribution in [-0.2, 0) is 0 Å². The number of aromatic nitrogens is 3. The van der Waals surface area contributed by atoms with Gasteiger partial charge in [0.2, 0.25) is 0 Å². The fraction of sp³-hybridized carbons (Fsp3) is 0. The summed E-state index contributed by atoms with van der Waals surface area (Å²) < 4.78 is 0. The molecule has 0 fully saturated rings. The van der Waals surface area contributed by atoms with Crippen LogP contribution >= 0.6 is 22.7 Å². The molecule has 106 valence electrons. The maximum atomic E-state index is 4.64. The SMILES string of the molecule is c1ccc(-c2nc(-c3ccsc3)nc(-c3ccsc3)n2)cc1.